The number of carbonyl (C=O) groups excluding carboxylic acids is 1. The van der Waals surface area contributed by atoms with Crippen LogP contribution in [-0.4, -0.2) is 49.3 Å². The van der Waals surface area contributed by atoms with Gasteiger partial charge >= 0.3 is 0 Å². The fourth-order valence-electron chi connectivity index (χ4n) is 2.02. The topological polar surface area (TPSA) is 76.0 Å². The monoisotopic (exact) mass is 414 g/mol. The smallest absolute Gasteiger partial charge is 0.259 e. The van der Waals surface area contributed by atoms with Crippen molar-refractivity contribution in [2.75, 3.05) is 32.7 Å². The third-order valence-corrected chi connectivity index (χ3v) is 3.51. The Labute approximate surface area is 163 Å². The van der Waals surface area contributed by atoms with Crippen LogP contribution in [0.15, 0.2) is 23.3 Å². The number of benzene rings is 1. The number of carbonyl (C=O) groups is 1. The van der Waals surface area contributed by atoms with E-state index in [-0.39, 0.29) is 12.5 Å². The van der Waals surface area contributed by atoms with E-state index in [1.807, 2.05) is 5.43 Å². The molecule has 1 heterocycles. The molecular formula is C18H18F4N4O3. The van der Waals surface area contributed by atoms with Crippen LogP contribution in [-0.2, 0) is 4.79 Å². The first kappa shape index (κ1) is 21.9. The van der Waals surface area contributed by atoms with E-state index in [0.29, 0.717) is 23.7 Å². The molecular weight excluding hydrogens is 396 g/mol. The van der Waals surface area contributed by atoms with Crippen molar-refractivity contribution in [3.8, 4) is 11.5 Å². The van der Waals surface area contributed by atoms with Crippen molar-refractivity contribution in [1.82, 2.24) is 9.88 Å². The second-order valence-electron chi connectivity index (χ2n) is 5.78. The second-order valence-corrected chi connectivity index (χ2v) is 5.78. The van der Waals surface area contributed by atoms with Gasteiger partial charge in [-0.25, -0.2) is 0 Å². The Morgan fingerprint density at radius 3 is 2.38 bits per heavy atom. The number of hydrogen-bond acceptors (Lipinski definition) is 6. The van der Waals surface area contributed by atoms with Crippen molar-refractivity contribution < 1.29 is 31.8 Å². The van der Waals surface area contributed by atoms with Crippen LogP contribution < -0.4 is 14.9 Å². The van der Waals surface area contributed by atoms with Crippen molar-refractivity contribution >= 4 is 17.8 Å². The number of nitrogens with one attached hydrogen (secondary N) is 1. The molecule has 0 radical (unpaired) electrons. The molecule has 1 amide bonds. The van der Waals surface area contributed by atoms with Crippen LogP contribution in [0.25, 0.3) is 0 Å². The van der Waals surface area contributed by atoms with Crippen LogP contribution in [0.2, 0.25) is 0 Å². The van der Waals surface area contributed by atoms with E-state index in [0.717, 1.165) is 6.21 Å². The molecule has 1 aromatic heterocycles. The van der Waals surface area contributed by atoms with Crippen molar-refractivity contribution in [2.24, 2.45) is 5.10 Å². The van der Waals surface area contributed by atoms with Crippen LogP contribution in [0.3, 0.4) is 0 Å². The highest BCUT2D eigenvalue weighted by molar-refractivity contribution is 5.82. The SMILES string of the molecule is CCOc1cc(/C=N\Nc2c(F)c(F)nc(F)c2F)ccc1OCC(=O)N(C)C. The summed E-state index contributed by atoms with van der Waals surface area (Å²) >= 11 is 0. The summed E-state index contributed by atoms with van der Waals surface area (Å²) in [5.74, 6) is -6.63. The van der Waals surface area contributed by atoms with E-state index in [2.05, 4.69) is 10.1 Å². The minimum atomic E-state index is -1.80. The molecule has 0 spiro atoms. The third-order valence-electron chi connectivity index (χ3n) is 3.51. The summed E-state index contributed by atoms with van der Waals surface area (Å²) in [7, 11) is 3.18. The maximum absolute atomic E-state index is 13.5. The summed E-state index contributed by atoms with van der Waals surface area (Å²) in [6.07, 6.45) is 1.15. The number of ether oxygens (including phenoxy) is 2. The van der Waals surface area contributed by atoms with Gasteiger partial charge in [-0.15, -0.1) is 0 Å². The summed E-state index contributed by atoms with van der Waals surface area (Å²) in [6.45, 7) is 1.86. The summed E-state index contributed by atoms with van der Waals surface area (Å²) in [5.41, 5.74) is 1.21. The standard InChI is InChI=1S/C18H18F4N4O3/c1-4-28-12-7-10(5-6-11(12)29-9-13(27)26(2)3)8-23-25-16-14(19)17(21)24-18(22)15(16)20/h5-8H,4,9H2,1-3H3,(H,24,25)/b23-8-. The van der Waals surface area contributed by atoms with Crippen LogP contribution >= 0.6 is 0 Å². The molecule has 1 aromatic carbocycles. The van der Waals surface area contributed by atoms with Crippen LogP contribution in [0.4, 0.5) is 23.2 Å². The van der Waals surface area contributed by atoms with E-state index < -0.39 is 29.2 Å². The minimum Gasteiger partial charge on any atom is -0.490 e. The predicted molar refractivity (Wildman–Crippen MR) is 97.1 cm³/mol. The number of likely N-dealkylation sites (N-methyl/N-ethyl adjacent to an activating group) is 1. The lowest BCUT2D eigenvalue weighted by atomic mass is 10.2. The predicted octanol–water partition coefficient (Wildman–Crippen LogP) is 2.95. The normalized spacial score (nSPS) is 10.9. The zero-order valence-corrected chi connectivity index (χ0v) is 15.8. The van der Waals surface area contributed by atoms with E-state index in [1.165, 1.54) is 23.1 Å². The number of aromatic nitrogens is 1. The lowest BCUT2D eigenvalue weighted by Gasteiger charge is -2.14. The first-order valence-corrected chi connectivity index (χ1v) is 8.33. The molecule has 7 nitrogen and oxygen atoms in total. The van der Waals surface area contributed by atoms with Gasteiger partial charge < -0.3 is 14.4 Å². The first-order valence-electron chi connectivity index (χ1n) is 8.33. The van der Waals surface area contributed by atoms with Gasteiger partial charge in [0, 0.05) is 14.1 Å². The molecule has 0 atom stereocenters. The first-order chi connectivity index (χ1) is 13.7. The molecule has 11 heteroatoms. The zero-order valence-electron chi connectivity index (χ0n) is 15.8. The number of pyridine rings is 1. The zero-order chi connectivity index (χ0) is 21.6. The van der Waals surface area contributed by atoms with Gasteiger partial charge in [0.05, 0.1) is 12.8 Å². The number of rotatable bonds is 8. The Bertz CT molecular complexity index is 896. The number of amides is 1. The fraction of sp³-hybridized carbons (Fsp3) is 0.278. The molecule has 0 saturated heterocycles. The largest absolute Gasteiger partial charge is 0.490 e. The Hall–Kier alpha value is -3.37. The average Bonchev–Trinajstić information content (AvgIpc) is 2.68. The Morgan fingerprint density at radius 1 is 1.14 bits per heavy atom. The molecule has 2 rings (SSSR count). The van der Waals surface area contributed by atoms with E-state index in [4.69, 9.17) is 9.47 Å². The molecule has 0 saturated carbocycles. The van der Waals surface area contributed by atoms with Gasteiger partial charge in [0.25, 0.3) is 17.8 Å². The molecule has 0 aliphatic carbocycles. The summed E-state index contributed by atoms with van der Waals surface area (Å²) in [6, 6.07) is 4.55. The summed E-state index contributed by atoms with van der Waals surface area (Å²) < 4.78 is 64.1. The van der Waals surface area contributed by atoms with Gasteiger partial charge in [-0.3, -0.25) is 10.2 Å². The van der Waals surface area contributed by atoms with Crippen molar-refractivity contribution in [2.45, 2.75) is 6.92 Å². The Kier molecular flexibility index (Phi) is 7.34. The fourth-order valence-corrected chi connectivity index (χ4v) is 2.02. The number of halogens is 4. The highest BCUT2D eigenvalue weighted by atomic mass is 19.2. The minimum absolute atomic E-state index is 0.195. The molecule has 2 aromatic rings. The molecule has 0 bridgehead atoms. The highest BCUT2D eigenvalue weighted by Crippen LogP contribution is 2.28. The van der Waals surface area contributed by atoms with E-state index in [9.17, 15) is 22.4 Å². The van der Waals surface area contributed by atoms with Gasteiger partial charge in [0.1, 0.15) is 5.69 Å². The molecule has 1 N–H and O–H groups in total. The lowest BCUT2D eigenvalue weighted by molar-refractivity contribution is -0.130. The van der Waals surface area contributed by atoms with Crippen LogP contribution in [0.5, 0.6) is 11.5 Å². The Morgan fingerprint density at radius 2 is 1.79 bits per heavy atom. The molecule has 0 fully saturated rings. The highest BCUT2D eigenvalue weighted by Gasteiger charge is 2.20. The maximum Gasteiger partial charge on any atom is 0.259 e. The third kappa shape index (κ3) is 5.56. The second kappa shape index (κ2) is 9.71. The van der Waals surface area contributed by atoms with Crippen molar-refractivity contribution in [1.29, 1.82) is 0 Å². The van der Waals surface area contributed by atoms with E-state index >= 15 is 0 Å². The molecule has 156 valence electrons. The van der Waals surface area contributed by atoms with Crippen LogP contribution in [0.1, 0.15) is 12.5 Å². The number of hydrogen-bond donors (Lipinski definition) is 1. The van der Waals surface area contributed by atoms with Gasteiger partial charge in [-0.2, -0.15) is 27.6 Å². The lowest BCUT2D eigenvalue weighted by Crippen LogP contribution is -2.27. The van der Waals surface area contributed by atoms with Crippen LogP contribution in [0, 0.1) is 23.5 Å². The molecule has 29 heavy (non-hydrogen) atoms. The maximum atomic E-state index is 13.5. The summed E-state index contributed by atoms with van der Waals surface area (Å²) in [4.78, 5) is 15.5. The van der Waals surface area contributed by atoms with Crippen molar-refractivity contribution in [3.05, 3.63) is 47.3 Å². The van der Waals surface area contributed by atoms with Gasteiger partial charge in [0.2, 0.25) is 11.6 Å². The molecule has 0 aliphatic heterocycles. The number of hydrazone groups is 1. The number of anilines is 1. The van der Waals surface area contributed by atoms with E-state index in [1.54, 1.807) is 21.0 Å². The molecule has 0 aliphatic rings. The number of nitrogens with zero attached hydrogens (tertiary/aromatic N) is 3. The average molecular weight is 414 g/mol. The van der Waals surface area contributed by atoms with Gasteiger partial charge in [-0.05, 0) is 30.7 Å². The van der Waals surface area contributed by atoms with Gasteiger partial charge in [0.15, 0.2) is 18.1 Å². The quantitative estimate of drug-likeness (QED) is 0.311. The van der Waals surface area contributed by atoms with Gasteiger partial charge in [-0.1, -0.05) is 0 Å². The van der Waals surface area contributed by atoms with Crippen molar-refractivity contribution in [3.63, 3.8) is 0 Å². The molecule has 0 unspecified atom stereocenters. The summed E-state index contributed by atoms with van der Waals surface area (Å²) in [5, 5.41) is 3.57. The Balaban J connectivity index is 2.17.